The molecule has 1 fully saturated rings. The van der Waals surface area contributed by atoms with E-state index in [-0.39, 0.29) is 6.04 Å². The predicted octanol–water partition coefficient (Wildman–Crippen LogP) is 2.05. The van der Waals surface area contributed by atoms with Gasteiger partial charge in [0.25, 0.3) is 0 Å². The summed E-state index contributed by atoms with van der Waals surface area (Å²) in [5.41, 5.74) is 1.12. The van der Waals surface area contributed by atoms with E-state index in [0.29, 0.717) is 0 Å². The van der Waals surface area contributed by atoms with Gasteiger partial charge in [-0.25, -0.2) is 4.98 Å². The number of pyridine rings is 1. The molecule has 1 atom stereocenters. The molecule has 0 saturated carbocycles. The molecule has 0 aliphatic carbocycles. The van der Waals surface area contributed by atoms with E-state index in [0.717, 1.165) is 48.1 Å². The maximum Gasteiger partial charge on any atom is 0.137 e. The summed E-state index contributed by atoms with van der Waals surface area (Å²) in [6.07, 6.45) is 4.90. The lowest BCUT2D eigenvalue weighted by molar-refractivity contribution is -0.111. The van der Waals surface area contributed by atoms with E-state index in [2.05, 4.69) is 37.2 Å². The maximum atomic E-state index is 10.9. The second-order valence-electron chi connectivity index (χ2n) is 4.23. The Morgan fingerprint density at radius 3 is 3.24 bits per heavy atom. The number of carbonyl (C=O) groups excluding carboxylic acids is 1. The highest BCUT2D eigenvalue weighted by molar-refractivity contribution is 9.10. The van der Waals surface area contributed by atoms with Crippen LogP contribution in [0.3, 0.4) is 0 Å². The average Bonchev–Trinajstić information content (AvgIpc) is 2.77. The quantitative estimate of drug-likeness (QED) is 0.864. The normalized spacial score (nSPS) is 20.5. The Morgan fingerprint density at radius 2 is 2.53 bits per heavy atom. The second kappa shape index (κ2) is 5.60. The van der Waals surface area contributed by atoms with Crippen LogP contribution in [0, 0.1) is 0 Å². The van der Waals surface area contributed by atoms with Crippen LogP contribution in [0.15, 0.2) is 16.7 Å². The van der Waals surface area contributed by atoms with Gasteiger partial charge >= 0.3 is 0 Å². The summed E-state index contributed by atoms with van der Waals surface area (Å²) in [5, 5.41) is 3.08. The minimum atomic E-state index is 0.0682. The summed E-state index contributed by atoms with van der Waals surface area (Å²) in [6.45, 7) is 1.76. The molecule has 17 heavy (non-hydrogen) atoms. The number of halogens is 1. The molecule has 92 valence electrons. The Bertz CT molecular complexity index is 411. The van der Waals surface area contributed by atoms with E-state index >= 15 is 0 Å². The maximum absolute atomic E-state index is 10.9. The highest BCUT2D eigenvalue weighted by atomic mass is 79.9. The van der Waals surface area contributed by atoms with Crippen LogP contribution >= 0.6 is 15.9 Å². The van der Waals surface area contributed by atoms with Crippen molar-refractivity contribution < 1.29 is 4.79 Å². The number of anilines is 1. The third kappa shape index (κ3) is 2.84. The number of nitrogens with one attached hydrogen (secondary N) is 1. The molecule has 0 bridgehead atoms. The second-order valence-corrected chi connectivity index (χ2v) is 5.14. The molecule has 0 aromatic carbocycles. The number of aldehydes is 1. The minimum Gasteiger partial charge on any atom is -0.373 e. The van der Waals surface area contributed by atoms with Gasteiger partial charge in [-0.2, -0.15) is 0 Å². The molecule has 2 rings (SSSR count). The molecule has 1 aliphatic heterocycles. The number of hydrogen-bond acceptors (Lipinski definition) is 4. The first kappa shape index (κ1) is 12.5. The van der Waals surface area contributed by atoms with Crippen LogP contribution in [0.2, 0.25) is 0 Å². The molecule has 0 radical (unpaired) electrons. The molecule has 2 heterocycles. The lowest BCUT2D eigenvalue weighted by Gasteiger charge is -2.21. The lowest BCUT2D eigenvalue weighted by Crippen LogP contribution is -2.30. The zero-order valence-corrected chi connectivity index (χ0v) is 11.4. The fourth-order valence-corrected chi connectivity index (χ4v) is 2.63. The zero-order chi connectivity index (χ0) is 12.3. The summed E-state index contributed by atoms with van der Waals surface area (Å²) in [4.78, 5) is 17.5. The van der Waals surface area contributed by atoms with Gasteiger partial charge in [0.1, 0.15) is 12.1 Å². The number of likely N-dealkylation sites (tertiary alicyclic amines) is 1. The topological polar surface area (TPSA) is 45.2 Å². The van der Waals surface area contributed by atoms with Crippen LogP contribution in [-0.4, -0.2) is 35.8 Å². The van der Waals surface area contributed by atoms with E-state index in [1.807, 2.05) is 7.05 Å². The SMILES string of the molecule is CNc1ncc(Br)cc1CN1CCCC1C=O. The molecular weight excluding hydrogens is 282 g/mol. The highest BCUT2D eigenvalue weighted by Gasteiger charge is 2.24. The molecule has 1 aromatic heterocycles. The number of aromatic nitrogens is 1. The molecule has 5 heteroatoms. The van der Waals surface area contributed by atoms with Crippen molar-refractivity contribution in [1.29, 1.82) is 0 Å². The number of nitrogens with zero attached hydrogens (tertiary/aromatic N) is 2. The van der Waals surface area contributed by atoms with Crippen LogP contribution in [0.5, 0.6) is 0 Å². The van der Waals surface area contributed by atoms with Crippen molar-refractivity contribution in [2.24, 2.45) is 0 Å². The van der Waals surface area contributed by atoms with Crippen molar-refractivity contribution >= 4 is 28.0 Å². The van der Waals surface area contributed by atoms with Crippen LogP contribution in [-0.2, 0) is 11.3 Å². The van der Waals surface area contributed by atoms with Crippen molar-refractivity contribution in [3.05, 3.63) is 22.3 Å². The predicted molar refractivity (Wildman–Crippen MR) is 71.0 cm³/mol. The first-order valence-corrected chi connectivity index (χ1v) is 6.55. The first-order valence-electron chi connectivity index (χ1n) is 5.76. The van der Waals surface area contributed by atoms with Gasteiger partial charge in [0.15, 0.2) is 0 Å². The van der Waals surface area contributed by atoms with Gasteiger partial charge < -0.3 is 10.1 Å². The van der Waals surface area contributed by atoms with Crippen LogP contribution in [0.25, 0.3) is 0 Å². The van der Waals surface area contributed by atoms with Gasteiger partial charge in [0.05, 0.1) is 6.04 Å². The Hall–Kier alpha value is -0.940. The minimum absolute atomic E-state index is 0.0682. The van der Waals surface area contributed by atoms with Gasteiger partial charge in [0, 0.05) is 29.8 Å². The fraction of sp³-hybridized carbons (Fsp3) is 0.500. The van der Waals surface area contributed by atoms with Gasteiger partial charge in [-0.1, -0.05) is 0 Å². The highest BCUT2D eigenvalue weighted by Crippen LogP contribution is 2.23. The Kier molecular flexibility index (Phi) is 4.12. The molecular formula is C12H16BrN3O. The molecule has 0 spiro atoms. The lowest BCUT2D eigenvalue weighted by atomic mass is 10.2. The van der Waals surface area contributed by atoms with E-state index in [9.17, 15) is 4.79 Å². The number of rotatable bonds is 4. The molecule has 1 saturated heterocycles. The van der Waals surface area contributed by atoms with E-state index in [4.69, 9.17) is 0 Å². The third-order valence-corrected chi connectivity index (χ3v) is 3.55. The zero-order valence-electron chi connectivity index (χ0n) is 9.82. The van der Waals surface area contributed by atoms with E-state index in [1.54, 1.807) is 6.20 Å². The van der Waals surface area contributed by atoms with Gasteiger partial charge in [-0.15, -0.1) is 0 Å². The van der Waals surface area contributed by atoms with Crippen molar-refractivity contribution in [2.45, 2.75) is 25.4 Å². The van der Waals surface area contributed by atoms with Crippen molar-refractivity contribution in [1.82, 2.24) is 9.88 Å². The van der Waals surface area contributed by atoms with Gasteiger partial charge in [-0.3, -0.25) is 4.90 Å². The van der Waals surface area contributed by atoms with Crippen LogP contribution in [0.4, 0.5) is 5.82 Å². The van der Waals surface area contributed by atoms with Crippen molar-refractivity contribution in [2.75, 3.05) is 18.9 Å². The van der Waals surface area contributed by atoms with Crippen LogP contribution < -0.4 is 5.32 Å². The number of hydrogen-bond donors (Lipinski definition) is 1. The van der Waals surface area contributed by atoms with Crippen molar-refractivity contribution in [3.8, 4) is 0 Å². The Labute approximate surface area is 110 Å². The fourth-order valence-electron chi connectivity index (χ4n) is 2.25. The Balaban J connectivity index is 2.17. The standard InChI is InChI=1S/C12H16BrN3O/c1-14-12-9(5-10(13)6-15-12)7-16-4-2-3-11(16)8-17/h5-6,8,11H,2-4,7H2,1H3,(H,14,15). The smallest absolute Gasteiger partial charge is 0.137 e. The van der Waals surface area contributed by atoms with Gasteiger partial charge in [-0.05, 0) is 41.4 Å². The molecule has 0 amide bonds. The molecule has 1 aliphatic rings. The molecule has 1 N–H and O–H groups in total. The summed E-state index contributed by atoms with van der Waals surface area (Å²) in [6, 6.07) is 2.12. The van der Waals surface area contributed by atoms with E-state index in [1.165, 1.54) is 0 Å². The number of carbonyl (C=O) groups is 1. The summed E-state index contributed by atoms with van der Waals surface area (Å²) < 4.78 is 0.966. The average molecular weight is 298 g/mol. The molecule has 4 nitrogen and oxygen atoms in total. The largest absolute Gasteiger partial charge is 0.373 e. The first-order chi connectivity index (χ1) is 8.24. The third-order valence-electron chi connectivity index (χ3n) is 3.11. The van der Waals surface area contributed by atoms with Crippen molar-refractivity contribution in [3.63, 3.8) is 0 Å². The Morgan fingerprint density at radius 1 is 1.71 bits per heavy atom. The van der Waals surface area contributed by atoms with Gasteiger partial charge in [0.2, 0.25) is 0 Å². The monoisotopic (exact) mass is 297 g/mol. The summed E-state index contributed by atoms with van der Waals surface area (Å²) >= 11 is 3.43. The molecule has 1 aromatic rings. The molecule has 1 unspecified atom stereocenters. The van der Waals surface area contributed by atoms with E-state index < -0.39 is 0 Å². The summed E-state index contributed by atoms with van der Waals surface area (Å²) in [7, 11) is 1.86. The summed E-state index contributed by atoms with van der Waals surface area (Å²) in [5.74, 6) is 0.879. The van der Waals surface area contributed by atoms with Crippen LogP contribution in [0.1, 0.15) is 18.4 Å².